The van der Waals surface area contributed by atoms with Crippen LogP contribution in [-0.2, 0) is 19.1 Å². The molecule has 0 aromatic rings. The molecule has 3 N–H and O–H groups in total. The third-order valence-corrected chi connectivity index (χ3v) is 1.35. The standard InChI is InChI=1S/C6H8O2.C4H6O3.C3H4O2/c1-3-4-5(2)6(7)8;1-3(7-2)4(5)6;1-2-3(4)5/h3H,1-2,4H2,(H,7,8);1H2,2H3,(H,5,6);2H,1H2,(H,4,5). The minimum atomic E-state index is -1.12. The van der Waals surface area contributed by atoms with Crippen LogP contribution < -0.4 is 0 Å². The first-order valence-electron chi connectivity index (χ1n) is 4.97. The van der Waals surface area contributed by atoms with Crippen LogP contribution in [0.3, 0.4) is 0 Å². The van der Waals surface area contributed by atoms with Crippen LogP contribution >= 0.6 is 0 Å². The highest BCUT2D eigenvalue weighted by molar-refractivity contribution is 5.86. The second-order valence-corrected chi connectivity index (χ2v) is 2.88. The zero-order chi connectivity index (χ0) is 16.7. The molecule has 7 heteroatoms. The lowest BCUT2D eigenvalue weighted by Gasteiger charge is -1.92. The largest absolute Gasteiger partial charge is 0.490 e. The summed E-state index contributed by atoms with van der Waals surface area (Å²) in [7, 11) is 1.26. The van der Waals surface area contributed by atoms with Gasteiger partial charge in [0.15, 0.2) is 5.76 Å². The van der Waals surface area contributed by atoms with Gasteiger partial charge in [0, 0.05) is 11.6 Å². The number of hydrogen-bond acceptors (Lipinski definition) is 4. The maximum Gasteiger partial charge on any atom is 0.370 e. The number of carboxylic acids is 3. The summed E-state index contributed by atoms with van der Waals surface area (Å²) in [6.45, 7) is 12.6. The predicted octanol–water partition coefficient (Wildman–Crippen LogP) is 1.69. The Morgan fingerprint density at radius 2 is 1.45 bits per heavy atom. The summed E-state index contributed by atoms with van der Waals surface area (Å²) in [5, 5.41) is 23.7. The molecule has 20 heavy (non-hydrogen) atoms. The summed E-state index contributed by atoms with van der Waals surface area (Å²) in [4.78, 5) is 28.9. The first-order chi connectivity index (χ1) is 9.13. The molecule has 0 aliphatic carbocycles. The molecular formula is C13H18O7. The van der Waals surface area contributed by atoms with E-state index in [-0.39, 0.29) is 11.3 Å². The van der Waals surface area contributed by atoms with E-state index in [0.29, 0.717) is 6.42 Å². The van der Waals surface area contributed by atoms with Gasteiger partial charge >= 0.3 is 17.9 Å². The van der Waals surface area contributed by atoms with Crippen molar-refractivity contribution in [2.75, 3.05) is 7.11 Å². The first kappa shape index (κ1) is 22.4. The molecule has 0 saturated heterocycles. The van der Waals surface area contributed by atoms with Gasteiger partial charge in [0.2, 0.25) is 0 Å². The predicted molar refractivity (Wildman–Crippen MR) is 73.2 cm³/mol. The summed E-state index contributed by atoms with van der Waals surface area (Å²) < 4.78 is 4.22. The van der Waals surface area contributed by atoms with Gasteiger partial charge < -0.3 is 20.1 Å². The van der Waals surface area contributed by atoms with Crippen LogP contribution in [0, 0.1) is 0 Å². The quantitative estimate of drug-likeness (QED) is 0.386. The topological polar surface area (TPSA) is 121 Å². The number of ether oxygens (including phenoxy) is 1. The fourth-order valence-electron chi connectivity index (χ4n) is 0.349. The van der Waals surface area contributed by atoms with Gasteiger partial charge in [0.25, 0.3) is 0 Å². The van der Waals surface area contributed by atoms with Crippen LogP contribution in [0.2, 0.25) is 0 Å². The maximum absolute atomic E-state index is 9.94. The molecule has 112 valence electrons. The molecule has 0 saturated carbocycles. The fraction of sp³-hybridized carbons (Fsp3) is 0.154. The third-order valence-electron chi connectivity index (χ3n) is 1.35. The molecule has 0 aromatic heterocycles. The lowest BCUT2D eigenvalue weighted by molar-refractivity contribution is -0.136. The second kappa shape index (κ2) is 14.2. The third kappa shape index (κ3) is 20.6. The normalized spacial score (nSPS) is 7.45. The van der Waals surface area contributed by atoms with E-state index in [9.17, 15) is 14.4 Å². The van der Waals surface area contributed by atoms with Crippen molar-refractivity contribution in [2.45, 2.75) is 6.42 Å². The number of carboxylic acid groups (broad SMARTS) is 3. The molecule has 0 aliphatic heterocycles. The molecule has 0 aliphatic rings. The highest BCUT2D eigenvalue weighted by atomic mass is 16.5. The van der Waals surface area contributed by atoms with Gasteiger partial charge in [-0.25, -0.2) is 14.4 Å². The summed E-state index contributed by atoms with van der Waals surface area (Å²) >= 11 is 0. The number of methoxy groups -OCH3 is 1. The van der Waals surface area contributed by atoms with Gasteiger partial charge in [0.1, 0.15) is 0 Å². The Hall–Kier alpha value is -2.83. The van der Waals surface area contributed by atoms with Crippen LogP contribution in [0.1, 0.15) is 6.42 Å². The van der Waals surface area contributed by atoms with Gasteiger partial charge in [0.05, 0.1) is 7.11 Å². The first-order valence-corrected chi connectivity index (χ1v) is 4.97. The van der Waals surface area contributed by atoms with Gasteiger partial charge in [-0.3, -0.25) is 0 Å². The highest BCUT2D eigenvalue weighted by Gasteiger charge is 1.99. The molecule has 0 amide bonds. The monoisotopic (exact) mass is 286 g/mol. The van der Waals surface area contributed by atoms with Crippen LogP contribution in [-0.4, -0.2) is 40.3 Å². The van der Waals surface area contributed by atoms with E-state index in [0.717, 1.165) is 6.08 Å². The van der Waals surface area contributed by atoms with E-state index in [1.54, 1.807) is 0 Å². The Kier molecular flexibility index (Phi) is 15.9. The average molecular weight is 286 g/mol. The van der Waals surface area contributed by atoms with Crippen LogP contribution in [0.15, 0.2) is 49.8 Å². The number of carbonyl (C=O) groups is 3. The molecule has 0 rings (SSSR count). The number of hydrogen-bond donors (Lipinski definition) is 3. The summed E-state index contributed by atoms with van der Waals surface area (Å²) in [5.74, 6) is -3.29. The van der Waals surface area contributed by atoms with E-state index in [2.05, 4.69) is 31.1 Å². The van der Waals surface area contributed by atoms with Crippen LogP contribution in [0.4, 0.5) is 0 Å². The minimum absolute atomic E-state index is 0.181. The van der Waals surface area contributed by atoms with E-state index >= 15 is 0 Å². The Morgan fingerprint density at radius 1 is 1.05 bits per heavy atom. The molecule has 0 aromatic carbocycles. The Balaban J connectivity index is -0.000000223. The van der Waals surface area contributed by atoms with Gasteiger partial charge in [-0.2, -0.15) is 0 Å². The summed E-state index contributed by atoms with van der Waals surface area (Å²) in [6.07, 6.45) is 2.70. The zero-order valence-electron chi connectivity index (χ0n) is 11.2. The van der Waals surface area contributed by atoms with Gasteiger partial charge in [-0.15, -0.1) is 6.58 Å². The van der Waals surface area contributed by atoms with Crippen molar-refractivity contribution in [3.8, 4) is 0 Å². The van der Waals surface area contributed by atoms with Gasteiger partial charge in [-0.05, 0) is 13.0 Å². The lowest BCUT2D eigenvalue weighted by atomic mass is 10.2. The zero-order valence-corrected chi connectivity index (χ0v) is 11.2. The van der Waals surface area contributed by atoms with E-state index in [1.807, 2.05) is 0 Å². The number of rotatable bonds is 6. The molecular weight excluding hydrogens is 268 g/mol. The number of aliphatic carboxylic acids is 3. The second-order valence-electron chi connectivity index (χ2n) is 2.88. The molecule has 0 spiro atoms. The lowest BCUT2D eigenvalue weighted by Crippen LogP contribution is -1.99. The van der Waals surface area contributed by atoms with Crippen molar-refractivity contribution in [2.24, 2.45) is 0 Å². The van der Waals surface area contributed by atoms with Crippen molar-refractivity contribution in [1.82, 2.24) is 0 Å². The van der Waals surface area contributed by atoms with Crippen LogP contribution in [0.5, 0.6) is 0 Å². The summed E-state index contributed by atoms with van der Waals surface area (Å²) in [6, 6.07) is 0. The highest BCUT2D eigenvalue weighted by Crippen LogP contribution is 1.95. The fourth-order valence-corrected chi connectivity index (χ4v) is 0.349. The van der Waals surface area contributed by atoms with Crippen molar-refractivity contribution >= 4 is 17.9 Å². The van der Waals surface area contributed by atoms with E-state index < -0.39 is 17.9 Å². The van der Waals surface area contributed by atoms with Crippen molar-refractivity contribution < 1.29 is 34.4 Å². The van der Waals surface area contributed by atoms with E-state index in [4.69, 9.17) is 15.3 Å². The van der Waals surface area contributed by atoms with Crippen molar-refractivity contribution in [3.63, 3.8) is 0 Å². The molecule has 0 atom stereocenters. The molecule has 0 radical (unpaired) electrons. The molecule has 7 nitrogen and oxygen atoms in total. The molecule has 0 heterocycles. The Morgan fingerprint density at radius 3 is 1.50 bits per heavy atom. The van der Waals surface area contributed by atoms with Gasteiger partial charge in [-0.1, -0.05) is 19.2 Å². The Bertz CT molecular complexity index is 394. The smallest absolute Gasteiger partial charge is 0.370 e. The summed E-state index contributed by atoms with van der Waals surface area (Å²) in [5.41, 5.74) is 0.181. The Labute approximate surface area is 116 Å². The number of allylic oxidation sites excluding steroid dienone is 1. The molecule has 0 unspecified atom stereocenters. The van der Waals surface area contributed by atoms with E-state index in [1.165, 1.54) is 13.2 Å². The molecule has 0 bridgehead atoms. The SMILES string of the molecule is C=C(OC)C(=O)O.C=CC(=O)O.C=CCC(=C)C(=O)O. The minimum Gasteiger partial charge on any atom is -0.490 e. The van der Waals surface area contributed by atoms with Crippen molar-refractivity contribution in [3.05, 3.63) is 49.8 Å². The average Bonchev–Trinajstić information content (AvgIpc) is 2.39. The molecule has 0 fully saturated rings. The van der Waals surface area contributed by atoms with Crippen LogP contribution in [0.25, 0.3) is 0 Å². The maximum atomic E-state index is 9.94. The van der Waals surface area contributed by atoms with Crippen molar-refractivity contribution in [1.29, 1.82) is 0 Å².